The van der Waals surface area contributed by atoms with Crippen LogP contribution in [-0.2, 0) is 6.42 Å². The Morgan fingerprint density at radius 2 is 2.00 bits per heavy atom. The number of nitrogens with one attached hydrogen (secondary N) is 1. The van der Waals surface area contributed by atoms with Gasteiger partial charge in [0.15, 0.2) is 0 Å². The third-order valence-corrected chi connectivity index (χ3v) is 3.01. The van der Waals surface area contributed by atoms with E-state index < -0.39 is 12.2 Å². The number of ether oxygens (including phenoxy) is 1. The largest absolute Gasteiger partial charge is 0.497 e. The smallest absolute Gasteiger partial charge is 0.118 e. The first-order valence-corrected chi connectivity index (χ1v) is 5.43. The molecule has 0 aliphatic carbocycles. The zero-order valence-electron chi connectivity index (χ0n) is 9.26. The molecule has 3 N–H and O–H groups in total. The number of rotatable bonds is 3. The fraction of sp³-hybridized carbons (Fsp3) is 0.500. The van der Waals surface area contributed by atoms with E-state index in [1.165, 1.54) is 0 Å². The topological polar surface area (TPSA) is 61.7 Å². The second-order valence-corrected chi connectivity index (χ2v) is 4.12. The first-order valence-electron chi connectivity index (χ1n) is 5.43. The maximum absolute atomic E-state index is 9.68. The lowest BCUT2D eigenvalue weighted by atomic mass is 10.0. The Hall–Kier alpha value is -1.10. The van der Waals surface area contributed by atoms with E-state index in [0.717, 1.165) is 11.3 Å². The maximum atomic E-state index is 9.68. The quantitative estimate of drug-likeness (QED) is 0.671. The summed E-state index contributed by atoms with van der Waals surface area (Å²) < 4.78 is 5.07. The fourth-order valence-electron chi connectivity index (χ4n) is 1.99. The summed E-state index contributed by atoms with van der Waals surface area (Å²) in [4.78, 5) is 0. The Morgan fingerprint density at radius 3 is 2.50 bits per heavy atom. The summed E-state index contributed by atoms with van der Waals surface area (Å²) in [6.45, 7) is 0.460. The lowest BCUT2D eigenvalue weighted by Crippen LogP contribution is -2.34. The molecule has 1 aromatic rings. The molecular formula is C12H17NO3. The number of hydrogen-bond donors (Lipinski definition) is 3. The summed E-state index contributed by atoms with van der Waals surface area (Å²) in [7, 11) is 1.63. The molecule has 1 fully saturated rings. The van der Waals surface area contributed by atoms with Crippen LogP contribution in [0, 0.1) is 0 Å². The summed E-state index contributed by atoms with van der Waals surface area (Å²) >= 11 is 0. The van der Waals surface area contributed by atoms with Gasteiger partial charge < -0.3 is 20.3 Å². The van der Waals surface area contributed by atoms with Crippen molar-refractivity contribution in [2.45, 2.75) is 24.7 Å². The summed E-state index contributed by atoms with van der Waals surface area (Å²) in [5, 5.41) is 22.2. The Kier molecular flexibility index (Phi) is 3.43. The summed E-state index contributed by atoms with van der Waals surface area (Å²) in [5.74, 6) is 0.823. The minimum Gasteiger partial charge on any atom is -0.497 e. The first-order chi connectivity index (χ1) is 7.70. The lowest BCUT2D eigenvalue weighted by molar-refractivity contribution is 0.0408. The molecule has 1 heterocycles. The van der Waals surface area contributed by atoms with Crippen LogP contribution in [0.25, 0.3) is 0 Å². The van der Waals surface area contributed by atoms with Crippen molar-refractivity contribution < 1.29 is 14.9 Å². The van der Waals surface area contributed by atoms with E-state index in [0.29, 0.717) is 13.0 Å². The van der Waals surface area contributed by atoms with Crippen LogP contribution in [0.4, 0.5) is 0 Å². The van der Waals surface area contributed by atoms with Gasteiger partial charge in [0.05, 0.1) is 19.3 Å². The predicted molar refractivity (Wildman–Crippen MR) is 60.5 cm³/mol. The van der Waals surface area contributed by atoms with Crippen LogP contribution in [0.2, 0.25) is 0 Å². The van der Waals surface area contributed by atoms with Crippen molar-refractivity contribution in [1.82, 2.24) is 5.32 Å². The molecule has 0 saturated carbocycles. The van der Waals surface area contributed by atoms with Crippen molar-refractivity contribution in [3.8, 4) is 5.75 Å². The molecule has 1 aromatic carbocycles. The van der Waals surface area contributed by atoms with Crippen LogP contribution < -0.4 is 10.1 Å². The van der Waals surface area contributed by atoms with Gasteiger partial charge in [-0.3, -0.25) is 0 Å². The van der Waals surface area contributed by atoms with Gasteiger partial charge in [0, 0.05) is 12.6 Å². The maximum Gasteiger partial charge on any atom is 0.118 e. The second kappa shape index (κ2) is 4.82. The molecular weight excluding hydrogens is 206 g/mol. The first kappa shape index (κ1) is 11.4. The SMILES string of the molecule is COc1ccc(C[C@H]2NC[C@@H](O)[C@H]2O)cc1. The van der Waals surface area contributed by atoms with Crippen molar-refractivity contribution in [3.05, 3.63) is 29.8 Å². The van der Waals surface area contributed by atoms with Gasteiger partial charge in [-0.1, -0.05) is 12.1 Å². The van der Waals surface area contributed by atoms with Gasteiger partial charge in [0.2, 0.25) is 0 Å². The molecule has 3 atom stereocenters. The fourth-order valence-corrected chi connectivity index (χ4v) is 1.99. The molecule has 0 unspecified atom stereocenters. The van der Waals surface area contributed by atoms with E-state index in [4.69, 9.17) is 4.74 Å². The standard InChI is InChI=1S/C12H17NO3/c1-16-9-4-2-8(3-5-9)6-10-12(15)11(14)7-13-10/h2-5,10-15H,6-7H2,1H3/t10-,11-,12+/m1/s1. The van der Waals surface area contributed by atoms with E-state index in [2.05, 4.69) is 5.32 Å². The molecule has 1 aliphatic rings. The van der Waals surface area contributed by atoms with Gasteiger partial charge in [0.1, 0.15) is 5.75 Å². The summed E-state index contributed by atoms with van der Waals surface area (Å²) in [5.41, 5.74) is 1.12. The highest BCUT2D eigenvalue weighted by atomic mass is 16.5. The van der Waals surface area contributed by atoms with Crippen molar-refractivity contribution in [3.63, 3.8) is 0 Å². The van der Waals surface area contributed by atoms with Crippen LogP contribution in [0.1, 0.15) is 5.56 Å². The highest BCUT2D eigenvalue weighted by molar-refractivity contribution is 5.28. The zero-order chi connectivity index (χ0) is 11.5. The molecule has 0 aromatic heterocycles. The normalized spacial score (nSPS) is 29.3. The van der Waals surface area contributed by atoms with Gasteiger partial charge in [0.25, 0.3) is 0 Å². The minimum absolute atomic E-state index is 0.0663. The van der Waals surface area contributed by atoms with Gasteiger partial charge in [-0.2, -0.15) is 0 Å². The van der Waals surface area contributed by atoms with Crippen LogP contribution in [0.15, 0.2) is 24.3 Å². The highest BCUT2D eigenvalue weighted by Crippen LogP contribution is 2.16. The van der Waals surface area contributed by atoms with Crippen LogP contribution >= 0.6 is 0 Å². The van der Waals surface area contributed by atoms with Crippen molar-refractivity contribution >= 4 is 0 Å². The molecule has 2 rings (SSSR count). The number of aliphatic hydroxyl groups is 2. The zero-order valence-corrected chi connectivity index (χ0v) is 9.26. The monoisotopic (exact) mass is 223 g/mol. The number of β-amino-alcohol motifs (C(OH)–C–C–N with tert-alkyl or cyclic N) is 1. The number of aliphatic hydroxyl groups excluding tert-OH is 2. The van der Waals surface area contributed by atoms with Crippen LogP contribution in [0.5, 0.6) is 5.75 Å². The third-order valence-electron chi connectivity index (χ3n) is 3.01. The van der Waals surface area contributed by atoms with E-state index in [1.54, 1.807) is 7.11 Å². The van der Waals surface area contributed by atoms with Gasteiger partial charge >= 0.3 is 0 Å². The molecule has 88 valence electrons. The predicted octanol–water partition coefficient (Wildman–Crippen LogP) is -0.0687. The molecule has 1 aliphatic heterocycles. The minimum atomic E-state index is -0.679. The van der Waals surface area contributed by atoms with Crippen LogP contribution in [-0.4, -0.2) is 42.1 Å². The van der Waals surface area contributed by atoms with Gasteiger partial charge in [-0.25, -0.2) is 0 Å². The highest BCUT2D eigenvalue weighted by Gasteiger charge is 2.32. The Labute approximate surface area is 94.9 Å². The molecule has 4 nitrogen and oxygen atoms in total. The van der Waals surface area contributed by atoms with Gasteiger partial charge in [-0.15, -0.1) is 0 Å². The Morgan fingerprint density at radius 1 is 1.31 bits per heavy atom. The summed E-state index contributed by atoms with van der Waals surface area (Å²) in [6.07, 6.45) is -0.618. The number of methoxy groups -OCH3 is 1. The molecule has 16 heavy (non-hydrogen) atoms. The van der Waals surface area contributed by atoms with E-state index in [-0.39, 0.29) is 6.04 Å². The lowest BCUT2D eigenvalue weighted by Gasteiger charge is -2.16. The molecule has 1 saturated heterocycles. The average Bonchev–Trinajstić information content (AvgIpc) is 2.62. The van der Waals surface area contributed by atoms with Crippen molar-refractivity contribution in [1.29, 1.82) is 0 Å². The molecule has 0 radical (unpaired) electrons. The Bertz CT molecular complexity index is 339. The Balaban J connectivity index is 1.98. The molecule has 0 bridgehead atoms. The number of benzene rings is 1. The van der Waals surface area contributed by atoms with E-state index in [9.17, 15) is 10.2 Å². The second-order valence-electron chi connectivity index (χ2n) is 4.12. The summed E-state index contributed by atoms with van der Waals surface area (Å²) in [6, 6.07) is 7.67. The van der Waals surface area contributed by atoms with Crippen LogP contribution in [0.3, 0.4) is 0 Å². The third kappa shape index (κ3) is 2.35. The molecule has 4 heteroatoms. The molecule has 0 amide bonds. The van der Waals surface area contributed by atoms with Crippen molar-refractivity contribution in [2.75, 3.05) is 13.7 Å². The van der Waals surface area contributed by atoms with Gasteiger partial charge in [-0.05, 0) is 24.1 Å². The average molecular weight is 223 g/mol. The van der Waals surface area contributed by atoms with Crippen molar-refractivity contribution in [2.24, 2.45) is 0 Å². The molecule has 0 spiro atoms. The van der Waals surface area contributed by atoms with E-state index in [1.807, 2.05) is 24.3 Å². The number of hydrogen-bond acceptors (Lipinski definition) is 4. The van der Waals surface area contributed by atoms with E-state index >= 15 is 0 Å².